The molecule has 0 aliphatic carbocycles. The van der Waals surface area contributed by atoms with Crippen LogP contribution in [-0.2, 0) is 11.3 Å². The summed E-state index contributed by atoms with van der Waals surface area (Å²) < 4.78 is 5.64. The van der Waals surface area contributed by atoms with Crippen molar-refractivity contribution in [3.05, 3.63) is 35.9 Å². The summed E-state index contributed by atoms with van der Waals surface area (Å²) in [5, 5.41) is 9.22. The molecule has 86 valence electrons. The number of hydrogen-bond acceptors (Lipinski definition) is 2. The Labute approximate surface area is 97.3 Å². The zero-order chi connectivity index (χ0) is 12.0. The summed E-state index contributed by atoms with van der Waals surface area (Å²) in [5.74, 6) is 2.58. The first kappa shape index (κ1) is 12.8. The van der Waals surface area contributed by atoms with Crippen molar-refractivity contribution >= 4 is 0 Å². The van der Waals surface area contributed by atoms with Crippen LogP contribution in [0.1, 0.15) is 19.4 Å². The zero-order valence-corrected chi connectivity index (χ0v) is 9.81. The smallest absolute Gasteiger partial charge is 0.125 e. The van der Waals surface area contributed by atoms with E-state index in [0.717, 1.165) is 5.56 Å². The molecule has 0 amide bonds. The van der Waals surface area contributed by atoms with Crippen molar-refractivity contribution in [2.24, 2.45) is 5.41 Å². The fourth-order valence-electron chi connectivity index (χ4n) is 1.34. The second-order valence-corrected chi connectivity index (χ2v) is 4.49. The molecule has 0 radical (unpaired) electrons. The van der Waals surface area contributed by atoms with E-state index >= 15 is 0 Å². The van der Waals surface area contributed by atoms with Gasteiger partial charge >= 0.3 is 0 Å². The summed E-state index contributed by atoms with van der Waals surface area (Å²) in [6.45, 7) is 4.26. The highest BCUT2D eigenvalue weighted by molar-refractivity contribution is 5.14. The summed E-state index contributed by atoms with van der Waals surface area (Å²) in [7, 11) is 0. The number of rotatable bonds is 5. The Morgan fingerprint density at radius 2 is 2.00 bits per heavy atom. The van der Waals surface area contributed by atoms with Crippen LogP contribution in [0.25, 0.3) is 0 Å². The lowest BCUT2D eigenvalue weighted by atomic mass is 9.88. The van der Waals surface area contributed by atoms with Gasteiger partial charge in [0.05, 0.1) is 13.2 Å². The van der Waals surface area contributed by atoms with E-state index in [-0.39, 0.29) is 12.7 Å². The largest absolute Gasteiger partial charge is 0.396 e. The van der Waals surface area contributed by atoms with E-state index in [0.29, 0.717) is 6.61 Å². The third kappa shape index (κ3) is 3.37. The Hall–Kier alpha value is -1.30. The predicted molar refractivity (Wildman–Crippen MR) is 64.7 cm³/mol. The normalized spacial score (nSPS) is 13.1. The third-order valence-electron chi connectivity index (χ3n) is 2.53. The molecule has 0 aromatic heterocycles. The van der Waals surface area contributed by atoms with E-state index in [1.54, 1.807) is 0 Å². The van der Waals surface area contributed by atoms with Crippen LogP contribution in [0.4, 0.5) is 0 Å². The SMILES string of the molecule is C#C[C@H](OCc1ccccc1)C(C)(C)CO. The highest BCUT2D eigenvalue weighted by Gasteiger charge is 2.28. The fraction of sp³-hybridized carbons (Fsp3) is 0.429. The van der Waals surface area contributed by atoms with Crippen LogP contribution in [0, 0.1) is 17.8 Å². The number of hydrogen-bond donors (Lipinski definition) is 1. The quantitative estimate of drug-likeness (QED) is 0.768. The van der Waals surface area contributed by atoms with Crippen molar-refractivity contribution in [3.8, 4) is 12.3 Å². The molecule has 0 saturated carbocycles. The van der Waals surface area contributed by atoms with Crippen LogP contribution >= 0.6 is 0 Å². The minimum atomic E-state index is -0.413. The summed E-state index contributed by atoms with van der Waals surface area (Å²) in [6, 6.07) is 9.85. The topological polar surface area (TPSA) is 29.5 Å². The zero-order valence-electron chi connectivity index (χ0n) is 9.81. The lowest BCUT2D eigenvalue weighted by Gasteiger charge is -2.28. The van der Waals surface area contributed by atoms with Crippen LogP contribution in [0.15, 0.2) is 30.3 Å². The number of aliphatic hydroxyl groups excluding tert-OH is 1. The van der Waals surface area contributed by atoms with Gasteiger partial charge in [-0.05, 0) is 5.56 Å². The summed E-state index contributed by atoms with van der Waals surface area (Å²) >= 11 is 0. The monoisotopic (exact) mass is 218 g/mol. The van der Waals surface area contributed by atoms with Gasteiger partial charge in [0.15, 0.2) is 0 Å². The highest BCUT2D eigenvalue weighted by atomic mass is 16.5. The first-order valence-electron chi connectivity index (χ1n) is 5.32. The van der Waals surface area contributed by atoms with Gasteiger partial charge in [0.1, 0.15) is 6.10 Å². The molecule has 0 fully saturated rings. The molecular formula is C14H18O2. The van der Waals surface area contributed by atoms with E-state index in [9.17, 15) is 5.11 Å². The molecular weight excluding hydrogens is 200 g/mol. The second kappa shape index (κ2) is 5.69. The second-order valence-electron chi connectivity index (χ2n) is 4.49. The molecule has 1 N–H and O–H groups in total. The molecule has 0 bridgehead atoms. The Kier molecular flexibility index (Phi) is 4.54. The minimum Gasteiger partial charge on any atom is -0.396 e. The van der Waals surface area contributed by atoms with Gasteiger partial charge in [0, 0.05) is 5.41 Å². The van der Waals surface area contributed by atoms with E-state index < -0.39 is 5.41 Å². The maximum absolute atomic E-state index is 9.22. The van der Waals surface area contributed by atoms with Gasteiger partial charge in [-0.25, -0.2) is 0 Å². The molecule has 1 atom stereocenters. The molecule has 2 nitrogen and oxygen atoms in total. The molecule has 0 saturated heterocycles. The molecule has 1 aromatic rings. The van der Waals surface area contributed by atoms with Crippen molar-refractivity contribution in [2.45, 2.75) is 26.6 Å². The molecule has 0 heterocycles. The number of terminal acetylenes is 1. The highest BCUT2D eigenvalue weighted by Crippen LogP contribution is 2.23. The van der Waals surface area contributed by atoms with Crippen molar-refractivity contribution < 1.29 is 9.84 Å². The molecule has 2 heteroatoms. The molecule has 0 aliphatic heterocycles. The van der Waals surface area contributed by atoms with Crippen LogP contribution in [-0.4, -0.2) is 17.8 Å². The molecule has 1 rings (SSSR count). The maximum atomic E-state index is 9.22. The van der Waals surface area contributed by atoms with Gasteiger partial charge in [-0.15, -0.1) is 6.42 Å². The average Bonchev–Trinajstić information content (AvgIpc) is 2.31. The third-order valence-corrected chi connectivity index (χ3v) is 2.53. The van der Waals surface area contributed by atoms with Gasteiger partial charge in [-0.2, -0.15) is 0 Å². The van der Waals surface area contributed by atoms with E-state index in [1.165, 1.54) is 0 Å². The predicted octanol–water partition coefficient (Wildman–Crippen LogP) is 2.22. The average molecular weight is 218 g/mol. The lowest BCUT2D eigenvalue weighted by Crippen LogP contribution is -2.33. The van der Waals surface area contributed by atoms with Gasteiger partial charge < -0.3 is 9.84 Å². The van der Waals surface area contributed by atoms with Crippen molar-refractivity contribution in [3.63, 3.8) is 0 Å². The Morgan fingerprint density at radius 1 is 1.38 bits per heavy atom. The summed E-state index contributed by atoms with van der Waals surface area (Å²) in [6.07, 6.45) is 5.04. The first-order chi connectivity index (χ1) is 7.60. The van der Waals surface area contributed by atoms with E-state index in [2.05, 4.69) is 5.92 Å². The summed E-state index contributed by atoms with van der Waals surface area (Å²) in [4.78, 5) is 0. The van der Waals surface area contributed by atoms with Gasteiger partial charge in [-0.3, -0.25) is 0 Å². The Bertz CT molecular complexity index is 349. The van der Waals surface area contributed by atoms with Gasteiger partial charge in [0.25, 0.3) is 0 Å². The summed E-state index contributed by atoms with van der Waals surface area (Å²) in [5.41, 5.74) is 0.667. The maximum Gasteiger partial charge on any atom is 0.125 e. The Balaban J connectivity index is 2.57. The Morgan fingerprint density at radius 3 is 2.50 bits per heavy atom. The lowest BCUT2D eigenvalue weighted by molar-refractivity contribution is -0.0232. The van der Waals surface area contributed by atoms with Gasteiger partial charge in [-0.1, -0.05) is 50.1 Å². The number of benzene rings is 1. The molecule has 1 aromatic carbocycles. The standard InChI is InChI=1S/C14H18O2/c1-4-13(14(2,3)11-15)16-10-12-8-6-5-7-9-12/h1,5-9,13,15H,10-11H2,2-3H3/t13-/m0/s1. The van der Waals surface area contributed by atoms with Crippen LogP contribution in [0.2, 0.25) is 0 Å². The van der Waals surface area contributed by atoms with Crippen LogP contribution < -0.4 is 0 Å². The van der Waals surface area contributed by atoms with Crippen LogP contribution in [0.3, 0.4) is 0 Å². The minimum absolute atomic E-state index is 0.0106. The van der Waals surface area contributed by atoms with Crippen molar-refractivity contribution in [1.82, 2.24) is 0 Å². The van der Waals surface area contributed by atoms with Crippen molar-refractivity contribution in [1.29, 1.82) is 0 Å². The molecule has 0 unspecified atom stereocenters. The molecule has 16 heavy (non-hydrogen) atoms. The number of ether oxygens (including phenoxy) is 1. The van der Waals surface area contributed by atoms with Gasteiger partial charge in [0.2, 0.25) is 0 Å². The van der Waals surface area contributed by atoms with Crippen LogP contribution in [0.5, 0.6) is 0 Å². The van der Waals surface area contributed by atoms with E-state index in [4.69, 9.17) is 11.2 Å². The molecule has 0 aliphatic rings. The van der Waals surface area contributed by atoms with E-state index in [1.807, 2.05) is 44.2 Å². The van der Waals surface area contributed by atoms with Crippen molar-refractivity contribution in [2.75, 3.05) is 6.61 Å². The fourth-order valence-corrected chi connectivity index (χ4v) is 1.34. The first-order valence-corrected chi connectivity index (χ1v) is 5.32. The number of aliphatic hydroxyl groups is 1. The molecule has 0 spiro atoms.